The summed E-state index contributed by atoms with van der Waals surface area (Å²) in [6.07, 6.45) is 2.09. The maximum absolute atomic E-state index is 12.4. The molecular weight excluding hydrogens is 394 g/mol. The molecule has 3 rings (SSSR count). The van der Waals surface area contributed by atoms with Gasteiger partial charge in [0.1, 0.15) is 19.0 Å². The van der Waals surface area contributed by atoms with E-state index in [1.54, 1.807) is 24.1 Å². The predicted molar refractivity (Wildman–Crippen MR) is 108 cm³/mol. The summed E-state index contributed by atoms with van der Waals surface area (Å²) in [5, 5.41) is 0. The van der Waals surface area contributed by atoms with Crippen LogP contribution in [-0.4, -0.2) is 52.3 Å². The van der Waals surface area contributed by atoms with Crippen molar-refractivity contribution in [2.45, 2.75) is 24.3 Å². The van der Waals surface area contributed by atoms with E-state index in [-0.39, 0.29) is 10.8 Å². The Kier molecular flexibility index (Phi) is 6.64. The Hall–Kier alpha value is -2.74. The van der Waals surface area contributed by atoms with Crippen molar-refractivity contribution >= 4 is 15.7 Å². The van der Waals surface area contributed by atoms with Gasteiger partial charge in [-0.2, -0.15) is 0 Å². The van der Waals surface area contributed by atoms with E-state index in [0.717, 1.165) is 17.6 Å². The lowest BCUT2D eigenvalue weighted by molar-refractivity contribution is -0.130. The van der Waals surface area contributed by atoms with Gasteiger partial charge < -0.3 is 19.1 Å². The number of sulfone groups is 1. The topological polar surface area (TPSA) is 82.1 Å². The molecule has 0 bridgehead atoms. The van der Waals surface area contributed by atoms with Gasteiger partial charge in [0.25, 0.3) is 0 Å². The van der Waals surface area contributed by atoms with E-state index in [2.05, 4.69) is 0 Å². The molecule has 0 aliphatic carbocycles. The molecule has 1 aliphatic heterocycles. The maximum Gasteiger partial charge on any atom is 0.222 e. The summed E-state index contributed by atoms with van der Waals surface area (Å²) in [6, 6.07) is 12.0. The standard InChI is InChI=1S/C21H25NO6S/c1-22(15-16-5-10-19-20(14-16)28-13-12-27-19)21(23)4-3-11-26-17-6-8-18(9-7-17)29(2,24)25/h5-10,14H,3-4,11-13,15H2,1-2H3. The molecule has 2 aromatic rings. The fourth-order valence-corrected chi connectivity index (χ4v) is 3.57. The Morgan fingerprint density at radius 1 is 1.07 bits per heavy atom. The monoisotopic (exact) mass is 419 g/mol. The van der Waals surface area contributed by atoms with Gasteiger partial charge in [-0.05, 0) is 48.4 Å². The molecule has 8 heteroatoms. The maximum atomic E-state index is 12.4. The Balaban J connectivity index is 1.42. The van der Waals surface area contributed by atoms with Gasteiger partial charge in [0, 0.05) is 26.3 Å². The molecule has 0 atom stereocenters. The van der Waals surface area contributed by atoms with Gasteiger partial charge in [0.05, 0.1) is 11.5 Å². The second-order valence-corrected chi connectivity index (χ2v) is 8.94. The number of amides is 1. The van der Waals surface area contributed by atoms with Crippen molar-refractivity contribution in [1.29, 1.82) is 0 Å². The van der Waals surface area contributed by atoms with E-state index in [1.165, 1.54) is 12.1 Å². The van der Waals surface area contributed by atoms with Gasteiger partial charge in [0.15, 0.2) is 21.3 Å². The summed E-state index contributed by atoms with van der Waals surface area (Å²) in [5.41, 5.74) is 0.979. The van der Waals surface area contributed by atoms with Crippen molar-refractivity contribution in [1.82, 2.24) is 4.90 Å². The van der Waals surface area contributed by atoms with Crippen LogP contribution in [-0.2, 0) is 21.2 Å². The number of nitrogens with zero attached hydrogens (tertiary/aromatic N) is 1. The average molecular weight is 419 g/mol. The number of hydrogen-bond donors (Lipinski definition) is 0. The molecule has 0 saturated carbocycles. The molecule has 0 unspecified atom stereocenters. The van der Waals surface area contributed by atoms with Crippen LogP contribution < -0.4 is 14.2 Å². The van der Waals surface area contributed by atoms with Crippen LogP contribution in [0.25, 0.3) is 0 Å². The number of benzene rings is 2. The van der Waals surface area contributed by atoms with E-state index >= 15 is 0 Å². The van der Waals surface area contributed by atoms with Crippen LogP contribution >= 0.6 is 0 Å². The lowest BCUT2D eigenvalue weighted by atomic mass is 10.1. The first kappa shape index (κ1) is 21.0. The lowest BCUT2D eigenvalue weighted by Crippen LogP contribution is -2.26. The van der Waals surface area contributed by atoms with E-state index in [0.29, 0.717) is 50.7 Å². The zero-order valence-corrected chi connectivity index (χ0v) is 17.4. The van der Waals surface area contributed by atoms with Crippen LogP contribution in [0.1, 0.15) is 18.4 Å². The van der Waals surface area contributed by atoms with Crippen molar-refractivity contribution in [3.8, 4) is 17.2 Å². The Morgan fingerprint density at radius 2 is 1.76 bits per heavy atom. The second kappa shape index (κ2) is 9.17. The molecule has 156 valence electrons. The summed E-state index contributed by atoms with van der Waals surface area (Å²) in [7, 11) is -1.45. The van der Waals surface area contributed by atoms with E-state index in [1.807, 2.05) is 18.2 Å². The van der Waals surface area contributed by atoms with Gasteiger partial charge in [-0.1, -0.05) is 6.07 Å². The minimum absolute atomic E-state index is 0.0240. The third-order valence-electron chi connectivity index (χ3n) is 4.51. The van der Waals surface area contributed by atoms with Gasteiger partial charge in [-0.25, -0.2) is 8.42 Å². The van der Waals surface area contributed by atoms with Crippen LogP contribution in [0.5, 0.6) is 17.2 Å². The molecular formula is C21H25NO6S. The molecule has 29 heavy (non-hydrogen) atoms. The molecule has 0 spiro atoms. The average Bonchev–Trinajstić information content (AvgIpc) is 2.70. The highest BCUT2D eigenvalue weighted by Gasteiger charge is 2.14. The molecule has 0 saturated heterocycles. The Morgan fingerprint density at radius 3 is 2.45 bits per heavy atom. The highest BCUT2D eigenvalue weighted by atomic mass is 32.2. The van der Waals surface area contributed by atoms with Gasteiger partial charge >= 0.3 is 0 Å². The summed E-state index contributed by atoms with van der Waals surface area (Å²) in [4.78, 5) is 14.3. The van der Waals surface area contributed by atoms with E-state index < -0.39 is 9.84 Å². The molecule has 0 aromatic heterocycles. The van der Waals surface area contributed by atoms with Crippen molar-refractivity contribution < 1.29 is 27.4 Å². The second-order valence-electron chi connectivity index (χ2n) is 6.92. The Labute approximate surface area is 171 Å². The first-order chi connectivity index (χ1) is 13.8. The van der Waals surface area contributed by atoms with Crippen LogP contribution in [0.3, 0.4) is 0 Å². The fraction of sp³-hybridized carbons (Fsp3) is 0.381. The summed E-state index contributed by atoms with van der Waals surface area (Å²) in [6.45, 7) is 1.95. The number of carbonyl (C=O) groups is 1. The fourth-order valence-electron chi connectivity index (χ4n) is 2.94. The van der Waals surface area contributed by atoms with Gasteiger partial charge in [-0.15, -0.1) is 0 Å². The third kappa shape index (κ3) is 5.87. The minimum Gasteiger partial charge on any atom is -0.494 e. The van der Waals surface area contributed by atoms with Crippen molar-refractivity contribution in [2.75, 3.05) is 33.1 Å². The number of ether oxygens (including phenoxy) is 3. The smallest absolute Gasteiger partial charge is 0.222 e. The number of rotatable bonds is 8. The van der Waals surface area contributed by atoms with Crippen molar-refractivity contribution in [3.05, 3.63) is 48.0 Å². The molecule has 7 nitrogen and oxygen atoms in total. The summed E-state index contributed by atoms with van der Waals surface area (Å²) in [5.74, 6) is 2.05. The van der Waals surface area contributed by atoms with Crippen LogP contribution in [0, 0.1) is 0 Å². The van der Waals surface area contributed by atoms with E-state index in [9.17, 15) is 13.2 Å². The molecule has 1 heterocycles. The zero-order valence-electron chi connectivity index (χ0n) is 16.6. The van der Waals surface area contributed by atoms with Crippen LogP contribution in [0.4, 0.5) is 0 Å². The van der Waals surface area contributed by atoms with Crippen molar-refractivity contribution in [3.63, 3.8) is 0 Å². The highest BCUT2D eigenvalue weighted by Crippen LogP contribution is 2.31. The molecule has 0 fully saturated rings. The Bertz CT molecular complexity index is 956. The molecule has 0 radical (unpaired) electrons. The van der Waals surface area contributed by atoms with Gasteiger partial charge in [-0.3, -0.25) is 4.79 Å². The van der Waals surface area contributed by atoms with Crippen LogP contribution in [0.15, 0.2) is 47.4 Å². The molecule has 1 amide bonds. The molecule has 1 aliphatic rings. The van der Waals surface area contributed by atoms with Crippen molar-refractivity contribution in [2.24, 2.45) is 0 Å². The lowest BCUT2D eigenvalue weighted by Gasteiger charge is -2.21. The SMILES string of the molecule is CN(Cc1ccc2c(c1)OCCO2)C(=O)CCCOc1ccc(S(C)(=O)=O)cc1. The normalized spacial score (nSPS) is 13.0. The third-order valence-corrected chi connectivity index (χ3v) is 5.64. The largest absolute Gasteiger partial charge is 0.494 e. The van der Waals surface area contributed by atoms with Gasteiger partial charge in [0.2, 0.25) is 5.91 Å². The predicted octanol–water partition coefficient (Wildman–Crippen LogP) is 2.68. The first-order valence-corrected chi connectivity index (χ1v) is 11.3. The first-order valence-electron chi connectivity index (χ1n) is 9.38. The number of hydrogen-bond acceptors (Lipinski definition) is 6. The number of fused-ring (bicyclic) bond motifs is 1. The highest BCUT2D eigenvalue weighted by molar-refractivity contribution is 7.90. The summed E-state index contributed by atoms with van der Waals surface area (Å²) < 4.78 is 39.6. The number of carbonyl (C=O) groups excluding carboxylic acids is 1. The molecule has 0 N–H and O–H groups in total. The minimum atomic E-state index is -3.22. The van der Waals surface area contributed by atoms with E-state index in [4.69, 9.17) is 14.2 Å². The molecule has 2 aromatic carbocycles. The zero-order chi connectivity index (χ0) is 20.9. The summed E-state index contributed by atoms with van der Waals surface area (Å²) >= 11 is 0. The quantitative estimate of drug-likeness (QED) is 0.612. The van der Waals surface area contributed by atoms with Crippen LogP contribution in [0.2, 0.25) is 0 Å².